The molecule has 0 amide bonds. The Morgan fingerprint density at radius 3 is 2.80 bits per heavy atom. The summed E-state index contributed by atoms with van der Waals surface area (Å²) in [5.74, 6) is -0.741. The van der Waals surface area contributed by atoms with Gasteiger partial charge in [-0.1, -0.05) is 0 Å². The van der Waals surface area contributed by atoms with Crippen LogP contribution in [0.5, 0.6) is 0 Å². The van der Waals surface area contributed by atoms with E-state index in [1.54, 1.807) is 10.8 Å². The normalized spacial score (nSPS) is 35.1. The molecule has 2 aliphatic heterocycles. The van der Waals surface area contributed by atoms with Crippen molar-refractivity contribution < 1.29 is 19.3 Å². The summed E-state index contributed by atoms with van der Waals surface area (Å²) in [4.78, 5) is 13.8. The van der Waals surface area contributed by atoms with Crippen LogP contribution in [0.1, 0.15) is 20.1 Å². The topological polar surface area (TPSA) is 85.7 Å². The molecule has 2 N–H and O–H groups in total. The molecule has 2 saturated heterocycles. The maximum atomic E-state index is 11.2. The van der Waals surface area contributed by atoms with Gasteiger partial charge in [0.1, 0.15) is 18.3 Å². The van der Waals surface area contributed by atoms with Gasteiger partial charge in [-0.05, 0) is 26.1 Å². The van der Waals surface area contributed by atoms with Gasteiger partial charge in [0, 0.05) is 12.3 Å². The highest BCUT2D eigenvalue weighted by Crippen LogP contribution is 2.42. The third-order valence-corrected chi connectivity index (χ3v) is 3.74. The van der Waals surface area contributed by atoms with Crippen LogP contribution in [-0.4, -0.2) is 45.4 Å². The van der Waals surface area contributed by atoms with Crippen LogP contribution < -0.4 is 5.56 Å². The van der Waals surface area contributed by atoms with Crippen LogP contribution in [0.15, 0.2) is 17.1 Å². The van der Waals surface area contributed by atoms with Crippen molar-refractivity contribution in [2.45, 2.75) is 44.2 Å². The summed E-state index contributed by atoms with van der Waals surface area (Å²) >= 11 is 5.14. The van der Waals surface area contributed by atoms with Crippen LogP contribution in [0.25, 0.3) is 0 Å². The molecule has 110 valence electrons. The molecule has 2 fully saturated rings. The Morgan fingerprint density at radius 2 is 2.15 bits per heavy atom. The second kappa shape index (κ2) is 4.74. The number of H-pyrrole nitrogens is 1. The van der Waals surface area contributed by atoms with Crippen molar-refractivity contribution >= 4 is 12.2 Å². The zero-order chi connectivity index (χ0) is 14.5. The summed E-state index contributed by atoms with van der Waals surface area (Å²) in [6, 6.07) is 1.36. The number of ether oxygens (including phenoxy) is 3. The van der Waals surface area contributed by atoms with Gasteiger partial charge < -0.3 is 19.3 Å². The van der Waals surface area contributed by atoms with Crippen molar-refractivity contribution in [3.8, 4) is 0 Å². The number of nitrogens with zero attached hydrogens (tertiary/aromatic N) is 1. The molecule has 20 heavy (non-hydrogen) atoms. The highest BCUT2D eigenvalue weighted by molar-refractivity contribution is 7.71. The van der Waals surface area contributed by atoms with Gasteiger partial charge in [0.2, 0.25) is 0 Å². The van der Waals surface area contributed by atoms with Crippen molar-refractivity contribution in [1.29, 1.82) is 0 Å². The summed E-state index contributed by atoms with van der Waals surface area (Å²) in [5, 5.41) is 9.41. The van der Waals surface area contributed by atoms with Crippen molar-refractivity contribution in [2.24, 2.45) is 0 Å². The first-order valence-electron chi connectivity index (χ1n) is 6.35. The highest BCUT2D eigenvalue weighted by Gasteiger charge is 2.55. The molecule has 2 aliphatic rings. The monoisotopic (exact) mass is 300 g/mol. The Bertz CT molecular complexity index is 625. The minimum Gasteiger partial charge on any atom is -0.394 e. The molecule has 4 atom stereocenters. The van der Waals surface area contributed by atoms with Crippen LogP contribution in [0.4, 0.5) is 0 Å². The zero-order valence-electron chi connectivity index (χ0n) is 11.1. The first-order valence-corrected chi connectivity index (χ1v) is 6.75. The van der Waals surface area contributed by atoms with E-state index in [2.05, 4.69) is 4.98 Å². The minimum atomic E-state index is -0.741. The number of rotatable bonds is 2. The maximum absolute atomic E-state index is 11.2. The van der Waals surface area contributed by atoms with Crippen LogP contribution in [0.3, 0.4) is 0 Å². The van der Waals surface area contributed by atoms with Crippen LogP contribution >= 0.6 is 12.2 Å². The van der Waals surface area contributed by atoms with E-state index in [9.17, 15) is 9.90 Å². The lowest BCUT2D eigenvalue weighted by atomic mass is 10.1. The number of hydrogen-bond donors (Lipinski definition) is 2. The zero-order valence-corrected chi connectivity index (χ0v) is 11.9. The van der Waals surface area contributed by atoms with Gasteiger partial charge in [0.15, 0.2) is 16.8 Å². The molecule has 0 radical (unpaired) electrons. The Kier molecular flexibility index (Phi) is 3.30. The van der Waals surface area contributed by atoms with E-state index in [-0.39, 0.29) is 29.1 Å². The molecule has 3 heterocycles. The predicted molar refractivity (Wildman–Crippen MR) is 70.7 cm³/mol. The standard InChI is InChI=1S/C12H16N2O5S/c1-12(2)18-8-6(5-15)17-10(9(8)19-12)14-4-3-7(16)13-11(14)20/h3-4,6,8-10,15H,5H2,1-2H3,(H,13,16,20)/t6-,8-,9?,10-/m1/s1. The fourth-order valence-corrected chi connectivity index (χ4v) is 2.92. The molecular formula is C12H16N2O5S. The first-order chi connectivity index (χ1) is 9.41. The van der Waals surface area contributed by atoms with E-state index in [4.69, 9.17) is 26.4 Å². The molecule has 0 spiro atoms. The molecule has 0 aliphatic carbocycles. The number of aliphatic hydroxyl groups excluding tert-OH is 1. The van der Waals surface area contributed by atoms with Gasteiger partial charge in [-0.3, -0.25) is 14.3 Å². The van der Waals surface area contributed by atoms with Crippen molar-refractivity contribution in [1.82, 2.24) is 9.55 Å². The maximum Gasteiger partial charge on any atom is 0.251 e. The van der Waals surface area contributed by atoms with Gasteiger partial charge in [-0.2, -0.15) is 0 Å². The molecule has 1 aromatic heterocycles. The molecule has 0 aromatic carbocycles. The second-order valence-corrected chi connectivity index (χ2v) is 5.72. The van der Waals surface area contributed by atoms with E-state index < -0.39 is 18.1 Å². The lowest BCUT2D eigenvalue weighted by Crippen LogP contribution is -2.31. The number of nitrogens with one attached hydrogen (secondary N) is 1. The number of fused-ring (bicyclic) bond motifs is 1. The molecule has 0 bridgehead atoms. The summed E-state index contributed by atoms with van der Waals surface area (Å²) in [5.41, 5.74) is -0.275. The fraction of sp³-hybridized carbons (Fsp3) is 0.667. The number of aromatic amines is 1. The molecular weight excluding hydrogens is 284 g/mol. The first kappa shape index (κ1) is 13.9. The molecule has 0 saturated carbocycles. The second-order valence-electron chi connectivity index (χ2n) is 5.33. The summed E-state index contributed by atoms with van der Waals surface area (Å²) in [6.07, 6.45) is -0.227. The highest BCUT2D eigenvalue weighted by atomic mass is 32.1. The lowest BCUT2D eigenvalue weighted by Gasteiger charge is -2.24. The van der Waals surface area contributed by atoms with E-state index >= 15 is 0 Å². The number of aliphatic hydroxyl groups is 1. The van der Waals surface area contributed by atoms with Crippen LogP contribution in [0, 0.1) is 4.77 Å². The molecule has 3 rings (SSSR count). The van der Waals surface area contributed by atoms with Gasteiger partial charge >= 0.3 is 0 Å². The van der Waals surface area contributed by atoms with Crippen LogP contribution in [-0.2, 0) is 14.2 Å². The van der Waals surface area contributed by atoms with Crippen molar-refractivity contribution in [3.63, 3.8) is 0 Å². The van der Waals surface area contributed by atoms with E-state index in [1.807, 2.05) is 13.8 Å². The largest absolute Gasteiger partial charge is 0.394 e. The number of aromatic nitrogens is 2. The average Bonchev–Trinajstić information content (AvgIpc) is 2.83. The van der Waals surface area contributed by atoms with Gasteiger partial charge in [-0.25, -0.2) is 0 Å². The van der Waals surface area contributed by atoms with E-state index in [1.165, 1.54) is 6.07 Å². The van der Waals surface area contributed by atoms with E-state index in [0.717, 1.165) is 0 Å². The summed E-state index contributed by atoms with van der Waals surface area (Å²) < 4.78 is 19.2. The molecule has 7 nitrogen and oxygen atoms in total. The third kappa shape index (κ3) is 2.23. The molecule has 1 unspecified atom stereocenters. The molecule has 1 aromatic rings. The SMILES string of the molecule is CC1(C)OC2[C@H](n3ccc(=O)[nH]c3=S)O[C@H](CO)[C@H]2O1. The van der Waals surface area contributed by atoms with E-state index in [0.29, 0.717) is 0 Å². The summed E-state index contributed by atoms with van der Waals surface area (Å²) in [7, 11) is 0. The van der Waals surface area contributed by atoms with Gasteiger partial charge in [0.05, 0.1) is 6.61 Å². The van der Waals surface area contributed by atoms with Gasteiger partial charge in [-0.15, -0.1) is 0 Å². The number of hydrogen-bond acceptors (Lipinski definition) is 6. The Morgan fingerprint density at radius 1 is 1.45 bits per heavy atom. The smallest absolute Gasteiger partial charge is 0.251 e. The summed E-state index contributed by atoms with van der Waals surface area (Å²) in [6.45, 7) is 3.44. The Balaban J connectivity index is 1.98. The van der Waals surface area contributed by atoms with Crippen molar-refractivity contribution in [3.05, 3.63) is 27.4 Å². The van der Waals surface area contributed by atoms with Crippen LogP contribution in [0.2, 0.25) is 0 Å². The lowest BCUT2D eigenvalue weighted by molar-refractivity contribution is -0.200. The van der Waals surface area contributed by atoms with Crippen molar-refractivity contribution in [2.75, 3.05) is 6.61 Å². The average molecular weight is 300 g/mol. The molecule has 8 heteroatoms. The van der Waals surface area contributed by atoms with Gasteiger partial charge in [0.25, 0.3) is 5.56 Å². The Hall–Kier alpha value is -1.06. The minimum absolute atomic E-state index is 0.173. The quantitative estimate of drug-likeness (QED) is 0.765. The Labute approximate surface area is 120 Å². The predicted octanol–water partition coefficient (Wildman–Crippen LogP) is 0.316. The fourth-order valence-electron chi connectivity index (χ4n) is 2.66. The third-order valence-electron chi connectivity index (χ3n) is 3.43.